The lowest BCUT2D eigenvalue weighted by atomic mass is 9.68. The van der Waals surface area contributed by atoms with Gasteiger partial charge in [-0.1, -0.05) is 82.1 Å². The Morgan fingerprint density at radius 2 is 0.935 bits per heavy atom. The van der Waals surface area contributed by atoms with E-state index < -0.39 is 0 Å². The van der Waals surface area contributed by atoms with Crippen molar-refractivity contribution in [3.63, 3.8) is 0 Å². The van der Waals surface area contributed by atoms with Gasteiger partial charge in [-0.2, -0.15) is 0 Å². The molecule has 2 aliphatic carbocycles. The van der Waals surface area contributed by atoms with Gasteiger partial charge in [0.25, 0.3) is 0 Å². The summed E-state index contributed by atoms with van der Waals surface area (Å²) in [5.41, 5.74) is 1.16. The summed E-state index contributed by atoms with van der Waals surface area (Å²) >= 11 is 0. The summed E-state index contributed by atoms with van der Waals surface area (Å²) < 4.78 is 0. The summed E-state index contributed by atoms with van der Waals surface area (Å²) in [6.45, 7) is 25.3. The van der Waals surface area contributed by atoms with Gasteiger partial charge in [0, 0.05) is 11.9 Å². The molecule has 0 heterocycles. The van der Waals surface area contributed by atoms with E-state index in [1.165, 1.54) is 38.5 Å². The summed E-state index contributed by atoms with van der Waals surface area (Å²) in [6.07, 6.45) is 10.3. The van der Waals surface area contributed by atoms with Gasteiger partial charge in [0.05, 0.1) is 12.1 Å². The molecule has 2 aliphatic rings. The fourth-order valence-electron chi connectivity index (χ4n) is 6.28. The Labute approximate surface area is 196 Å². The van der Waals surface area contributed by atoms with Crippen molar-refractivity contribution in [3.05, 3.63) is 0 Å². The summed E-state index contributed by atoms with van der Waals surface area (Å²) in [5, 5.41) is 0. The number of hydrogen-bond acceptors (Lipinski definition) is 2. The minimum atomic E-state index is 0.474. The Morgan fingerprint density at radius 3 is 1.26 bits per heavy atom. The van der Waals surface area contributed by atoms with Gasteiger partial charge >= 0.3 is 0 Å². The van der Waals surface area contributed by atoms with Crippen LogP contribution in [0.4, 0.5) is 0 Å². The zero-order valence-corrected chi connectivity index (χ0v) is 23.0. The van der Waals surface area contributed by atoms with E-state index in [0.29, 0.717) is 35.8 Å². The highest BCUT2D eigenvalue weighted by molar-refractivity contribution is 6.29. The number of aliphatic imine (C=N–C) groups is 2. The van der Waals surface area contributed by atoms with Crippen LogP contribution >= 0.6 is 0 Å². The molecule has 0 aliphatic heterocycles. The highest BCUT2D eigenvalue weighted by atomic mass is 14.9. The molecule has 0 N–H and O–H groups in total. The van der Waals surface area contributed by atoms with Gasteiger partial charge in [0.15, 0.2) is 0 Å². The van der Waals surface area contributed by atoms with Crippen LogP contribution in [-0.2, 0) is 0 Å². The van der Waals surface area contributed by atoms with Crippen molar-refractivity contribution >= 4 is 11.9 Å². The largest absolute Gasteiger partial charge is 0.287 e. The van der Waals surface area contributed by atoms with E-state index in [9.17, 15) is 0 Å². The molecule has 0 saturated heterocycles. The molecule has 0 amide bonds. The smallest absolute Gasteiger partial charge is 0.0564 e. The maximum absolute atomic E-state index is 5.33. The van der Waals surface area contributed by atoms with E-state index in [0.717, 1.165) is 29.4 Å². The average Bonchev–Trinajstić information content (AvgIpc) is 2.72. The molecule has 2 saturated carbocycles. The molecule has 4 unspecified atom stereocenters. The van der Waals surface area contributed by atoms with Crippen molar-refractivity contribution in [2.75, 3.05) is 0 Å². The van der Waals surface area contributed by atoms with Crippen LogP contribution in [0.25, 0.3) is 0 Å². The normalized spacial score (nSPS) is 32.8. The van der Waals surface area contributed by atoms with Crippen LogP contribution in [0.15, 0.2) is 9.98 Å². The van der Waals surface area contributed by atoms with E-state index in [1.807, 2.05) is 13.8 Å². The molecule has 0 aromatic rings. The van der Waals surface area contributed by atoms with Crippen molar-refractivity contribution in [2.45, 2.75) is 127 Å². The standard InChI is InChI=1S/C27H50N2.C2H6/c1-17(2)22-12-10-13-23(18(3)4)26(22)28-16-21(9)29-27-24(19(5)6)14-11-15-25(27)20(7)8;1-2/h16-20,22-27H,10-15H2,1-9H3;1-2H3. The Kier molecular flexibility index (Phi) is 12.6. The second-order valence-electron chi connectivity index (χ2n) is 11.5. The second kappa shape index (κ2) is 13.8. The first-order chi connectivity index (χ1) is 14.6. The van der Waals surface area contributed by atoms with Gasteiger partial charge in [-0.05, 0) is 80.0 Å². The van der Waals surface area contributed by atoms with E-state index in [4.69, 9.17) is 9.98 Å². The predicted octanol–water partition coefficient (Wildman–Crippen LogP) is 8.74. The first kappa shape index (κ1) is 28.4. The quantitative estimate of drug-likeness (QED) is 0.359. The highest BCUT2D eigenvalue weighted by Gasteiger charge is 2.37. The lowest BCUT2D eigenvalue weighted by molar-refractivity contribution is 0.142. The zero-order valence-electron chi connectivity index (χ0n) is 23.0. The molecule has 2 rings (SSSR count). The Hall–Kier alpha value is -0.660. The van der Waals surface area contributed by atoms with Crippen molar-refractivity contribution < 1.29 is 0 Å². The van der Waals surface area contributed by atoms with E-state index in [-0.39, 0.29) is 0 Å². The number of rotatable bonds is 7. The Balaban J connectivity index is 0.00000233. The van der Waals surface area contributed by atoms with Gasteiger partial charge in [-0.15, -0.1) is 0 Å². The molecule has 0 radical (unpaired) electrons. The predicted molar refractivity (Wildman–Crippen MR) is 142 cm³/mol. The maximum Gasteiger partial charge on any atom is 0.0564 e. The summed E-state index contributed by atoms with van der Waals surface area (Å²) in [4.78, 5) is 10.6. The van der Waals surface area contributed by atoms with E-state index in [2.05, 4.69) is 68.5 Å². The Morgan fingerprint density at radius 1 is 0.613 bits per heavy atom. The lowest BCUT2D eigenvalue weighted by Crippen LogP contribution is -2.39. The molecule has 0 bridgehead atoms. The van der Waals surface area contributed by atoms with E-state index in [1.54, 1.807) is 0 Å². The average molecular weight is 433 g/mol. The first-order valence-electron chi connectivity index (χ1n) is 13.7. The molecule has 2 nitrogen and oxygen atoms in total. The Bertz CT molecular complexity index is 511. The fraction of sp³-hybridized carbons (Fsp3) is 0.931. The number of hydrogen-bond donors (Lipinski definition) is 0. The molecule has 2 fully saturated rings. The maximum atomic E-state index is 5.33. The van der Waals surface area contributed by atoms with Crippen molar-refractivity contribution in [1.29, 1.82) is 0 Å². The SMILES string of the molecule is CC.CC(C=NC1C(C(C)C)CCCC1C(C)C)=NC1C(C(C)C)CCCC1C(C)C. The van der Waals surface area contributed by atoms with Gasteiger partial charge in [-0.3, -0.25) is 9.98 Å². The summed E-state index contributed by atoms with van der Waals surface area (Å²) in [5.74, 6) is 5.74. The second-order valence-corrected chi connectivity index (χ2v) is 11.5. The van der Waals surface area contributed by atoms with Crippen molar-refractivity contribution in [3.8, 4) is 0 Å². The molecule has 4 atom stereocenters. The van der Waals surface area contributed by atoms with Crippen LogP contribution in [0.1, 0.15) is 115 Å². The molecular weight excluding hydrogens is 376 g/mol. The van der Waals surface area contributed by atoms with Crippen LogP contribution < -0.4 is 0 Å². The van der Waals surface area contributed by atoms with Crippen LogP contribution in [0.3, 0.4) is 0 Å². The molecule has 2 heteroatoms. The third kappa shape index (κ3) is 8.01. The topological polar surface area (TPSA) is 24.7 Å². The monoisotopic (exact) mass is 432 g/mol. The van der Waals surface area contributed by atoms with Crippen LogP contribution in [0, 0.1) is 47.3 Å². The zero-order chi connectivity index (χ0) is 23.7. The molecule has 0 aromatic heterocycles. The van der Waals surface area contributed by atoms with Crippen LogP contribution in [0.5, 0.6) is 0 Å². The minimum Gasteiger partial charge on any atom is -0.287 e. The molecule has 0 aromatic carbocycles. The van der Waals surface area contributed by atoms with E-state index >= 15 is 0 Å². The number of nitrogens with zero attached hydrogens (tertiary/aromatic N) is 2. The molecular formula is C29H56N2. The van der Waals surface area contributed by atoms with Gasteiger partial charge in [0.1, 0.15) is 0 Å². The molecule has 31 heavy (non-hydrogen) atoms. The summed E-state index contributed by atoms with van der Waals surface area (Å²) in [7, 11) is 0. The van der Waals surface area contributed by atoms with Gasteiger partial charge in [0.2, 0.25) is 0 Å². The first-order valence-corrected chi connectivity index (χ1v) is 13.7. The van der Waals surface area contributed by atoms with Crippen LogP contribution in [-0.4, -0.2) is 24.0 Å². The minimum absolute atomic E-state index is 0.474. The van der Waals surface area contributed by atoms with Crippen molar-refractivity contribution in [2.24, 2.45) is 57.3 Å². The van der Waals surface area contributed by atoms with Crippen LogP contribution in [0.2, 0.25) is 0 Å². The van der Waals surface area contributed by atoms with Gasteiger partial charge in [-0.25, -0.2) is 0 Å². The highest BCUT2D eigenvalue weighted by Crippen LogP contribution is 2.41. The third-order valence-corrected chi connectivity index (χ3v) is 8.12. The third-order valence-electron chi connectivity index (χ3n) is 8.12. The fourth-order valence-corrected chi connectivity index (χ4v) is 6.28. The summed E-state index contributed by atoms with van der Waals surface area (Å²) in [6, 6.07) is 0.949. The van der Waals surface area contributed by atoms with Crippen molar-refractivity contribution in [1.82, 2.24) is 0 Å². The van der Waals surface area contributed by atoms with Gasteiger partial charge < -0.3 is 0 Å². The molecule has 0 spiro atoms. The lowest BCUT2D eigenvalue weighted by Gasteiger charge is -2.40. The molecule has 182 valence electrons.